The highest BCUT2D eigenvalue weighted by atomic mass is 16.6. The summed E-state index contributed by atoms with van der Waals surface area (Å²) in [5.41, 5.74) is 0.792. The van der Waals surface area contributed by atoms with Crippen LogP contribution in [0.5, 0.6) is 0 Å². The molecule has 3 N–H and O–H groups in total. The Morgan fingerprint density at radius 1 is 1.24 bits per heavy atom. The van der Waals surface area contributed by atoms with Crippen molar-refractivity contribution in [3.05, 3.63) is 23.5 Å². The first kappa shape index (κ1) is 17.0. The molecule has 1 heterocycles. The number of hydrogen-bond acceptors (Lipinski definition) is 5. The first-order chi connectivity index (χ1) is 9.81. The average molecular weight is 297 g/mol. The number of alkyl carbamates (subject to hydrolysis) is 1. The largest absolute Gasteiger partial charge is 0.464 e. The zero-order chi connectivity index (χ0) is 15.9. The summed E-state index contributed by atoms with van der Waals surface area (Å²) in [6.45, 7) is 7.05. The van der Waals surface area contributed by atoms with Gasteiger partial charge in [-0.1, -0.05) is 0 Å². The van der Waals surface area contributed by atoms with E-state index >= 15 is 0 Å². The summed E-state index contributed by atoms with van der Waals surface area (Å²) in [5, 5.41) is 5.79. The van der Waals surface area contributed by atoms with Crippen LogP contribution < -0.4 is 10.6 Å². The Kier molecular flexibility index (Phi) is 6.23. The summed E-state index contributed by atoms with van der Waals surface area (Å²) >= 11 is 0. The van der Waals surface area contributed by atoms with Crippen LogP contribution in [0.15, 0.2) is 12.1 Å². The summed E-state index contributed by atoms with van der Waals surface area (Å²) in [6, 6.07) is 3.47. The van der Waals surface area contributed by atoms with Gasteiger partial charge >= 0.3 is 12.1 Å². The van der Waals surface area contributed by atoms with E-state index in [-0.39, 0.29) is 0 Å². The summed E-state index contributed by atoms with van der Waals surface area (Å²) in [5.74, 6) is -0.396. The smallest absolute Gasteiger partial charge is 0.407 e. The standard InChI is InChI=1S/C14H23N3O4/c1-14(2,3)21-13(19)16-8-7-15-9-10-5-6-11(17-10)12(18)20-4/h5-6,15,17H,7-9H2,1-4H3,(H,16,19). The van der Waals surface area contributed by atoms with Crippen molar-refractivity contribution < 1.29 is 19.1 Å². The molecule has 7 heteroatoms. The number of nitrogens with one attached hydrogen (secondary N) is 3. The molecule has 118 valence electrons. The van der Waals surface area contributed by atoms with Crippen molar-refractivity contribution in [2.75, 3.05) is 20.2 Å². The number of amides is 1. The van der Waals surface area contributed by atoms with Gasteiger partial charge in [0, 0.05) is 25.3 Å². The third-order valence-electron chi connectivity index (χ3n) is 2.44. The number of carbonyl (C=O) groups excluding carboxylic acids is 2. The third-order valence-corrected chi connectivity index (χ3v) is 2.44. The zero-order valence-electron chi connectivity index (χ0n) is 12.9. The van der Waals surface area contributed by atoms with Gasteiger partial charge in [0.05, 0.1) is 7.11 Å². The monoisotopic (exact) mass is 297 g/mol. The van der Waals surface area contributed by atoms with E-state index in [0.29, 0.717) is 25.3 Å². The number of carbonyl (C=O) groups is 2. The minimum atomic E-state index is -0.494. The molecule has 0 aliphatic rings. The van der Waals surface area contributed by atoms with Crippen LogP contribution in [0.2, 0.25) is 0 Å². The van der Waals surface area contributed by atoms with Crippen LogP contribution >= 0.6 is 0 Å². The third kappa shape index (κ3) is 6.80. The van der Waals surface area contributed by atoms with Crippen molar-refractivity contribution in [3.8, 4) is 0 Å². The maximum absolute atomic E-state index is 11.4. The molecule has 21 heavy (non-hydrogen) atoms. The molecule has 0 saturated heterocycles. The van der Waals surface area contributed by atoms with Gasteiger partial charge in [-0.05, 0) is 32.9 Å². The Labute approximate surface area is 124 Å². The van der Waals surface area contributed by atoms with E-state index in [2.05, 4.69) is 20.4 Å². The number of hydrogen-bond donors (Lipinski definition) is 3. The molecule has 1 aromatic heterocycles. The van der Waals surface area contributed by atoms with Crippen LogP contribution in [0, 0.1) is 0 Å². The lowest BCUT2D eigenvalue weighted by Gasteiger charge is -2.19. The van der Waals surface area contributed by atoms with E-state index in [9.17, 15) is 9.59 Å². The number of aromatic nitrogens is 1. The SMILES string of the molecule is COC(=O)c1ccc(CNCCNC(=O)OC(C)(C)C)[nH]1. The molecule has 1 aromatic rings. The van der Waals surface area contributed by atoms with Crippen LogP contribution in [0.4, 0.5) is 4.79 Å². The van der Waals surface area contributed by atoms with Crippen LogP contribution in [0.3, 0.4) is 0 Å². The Hall–Kier alpha value is -2.02. The molecule has 7 nitrogen and oxygen atoms in total. The molecule has 1 amide bonds. The summed E-state index contributed by atoms with van der Waals surface area (Å²) in [4.78, 5) is 25.6. The van der Waals surface area contributed by atoms with Crippen LogP contribution in [-0.4, -0.2) is 42.8 Å². The molecule has 0 unspecified atom stereocenters. The van der Waals surface area contributed by atoms with Crippen molar-refractivity contribution in [2.24, 2.45) is 0 Å². The molecule has 0 fully saturated rings. The second-order valence-corrected chi connectivity index (χ2v) is 5.49. The first-order valence-electron chi connectivity index (χ1n) is 6.75. The Morgan fingerprint density at radius 2 is 1.95 bits per heavy atom. The molecule has 0 radical (unpaired) electrons. The molecule has 0 atom stereocenters. The number of rotatable bonds is 6. The minimum Gasteiger partial charge on any atom is -0.464 e. The van der Waals surface area contributed by atoms with E-state index in [1.165, 1.54) is 7.11 Å². The van der Waals surface area contributed by atoms with Crippen molar-refractivity contribution >= 4 is 12.1 Å². The number of ether oxygens (including phenoxy) is 2. The molecule has 1 rings (SSSR count). The van der Waals surface area contributed by atoms with Crippen molar-refractivity contribution in [1.29, 1.82) is 0 Å². The predicted octanol–water partition coefficient (Wildman–Crippen LogP) is 1.42. The fourth-order valence-corrected chi connectivity index (χ4v) is 1.56. The highest BCUT2D eigenvalue weighted by Crippen LogP contribution is 2.06. The summed E-state index contributed by atoms with van der Waals surface area (Å²) in [7, 11) is 1.34. The fourth-order valence-electron chi connectivity index (χ4n) is 1.56. The number of esters is 1. The zero-order valence-corrected chi connectivity index (χ0v) is 12.9. The van der Waals surface area contributed by atoms with Gasteiger partial charge in [0.2, 0.25) is 0 Å². The molecule has 0 aliphatic heterocycles. The molecule has 0 spiro atoms. The summed E-state index contributed by atoms with van der Waals surface area (Å²) in [6.07, 6.45) is -0.433. The number of H-pyrrole nitrogens is 1. The van der Waals surface area contributed by atoms with Crippen LogP contribution in [0.1, 0.15) is 37.0 Å². The van der Waals surface area contributed by atoms with E-state index in [1.807, 2.05) is 20.8 Å². The van der Waals surface area contributed by atoms with E-state index in [1.54, 1.807) is 12.1 Å². The number of aromatic amines is 1. The first-order valence-corrected chi connectivity index (χ1v) is 6.75. The van der Waals surface area contributed by atoms with Crippen molar-refractivity contribution in [3.63, 3.8) is 0 Å². The normalized spacial score (nSPS) is 11.0. The van der Waals surface area contributed by atoms with Gasteiger partial charge in [-0.2, -0.15) is 0 Å². The minimum absolute atomic E-state index is 0.396. The lowest BCUT2D eigenvalue weighted by Crippen LogP contribution is -2.36. The maximum Gasteiger partial charge on any atom is 0.407 e. The Morgan fingerprint density at radius 3 is 2.57 bits per heavy atom. The Bertz CT molecular complexity index is 477. The lowest BCUT2D eigenvalue weighted by molar-refractivity contribution is 0.0526. The Balaban J connectivity index is 2.18. The molecule has 0 saturated carbocycles. The van der Waals surface area contributed by atoms with Crippen LogP contribution in [-0.2, 0) is 16.0 Å². The van der Waals surface area contributed by atoms with Crippen molar-refractivity contribution in [1.82, 2.24) is 15.6 Å². The molecule has 0 aromatic carbocycles. The van der Waals surface area contributed by atoms with Crippen LogP contribution in [0.25, 0.3) is 0 Å². The maximum atomic E-state index is 11.4. The van der Waals surface area contributed by atoms with Gasteiger partial charge in [-0.25, -0.2) is 9.59 Å². The second-order valence-electron chi connectivity index (χ2n) is 5.49. The summed E-state index contributed by atoms with van der Waals surface area (Å²) < 4.78 is 9.72. The lowest BCUT2D eigenvalue weighted by atomic mass is 10.2. The van der Waals surface area contributed by atoms with E-state index in [0.717, 1.165) is 5.69 Å². The van der Waals surface area contributed by atoms with Gasteiger partial charge < -0.3 is 25.1 Å². The van der Waals surface area contributed by atoms with Gasteiger partial charge in [0.1, 0.15) is 11.3 Å². The van der Waals surface area contributed by atoms with Crippen molar-refractivity contribution in [2.45, 2.75) is 32.9 Å². The number of methoxy groups -OCH3 is 1. The predicted molar refractivity (Wildman–Crippen MR) is 78.1 cm³/mol. The highest BCUT2D eigenvalue weighted by Gasteiger charge is 2.15. The second kappa shape index (κ2) is 7.68. The van der Waals surface area contributed by atoms with Gasteiger partial charge in [0.25, 0.3) is 0 Å². The molecule has 0 aliphatic carbocycles. The van der Waals surface area contributed by atoms with E-state index in [4.69, 9.17) is 4.74 Å². The molecular formula is C14H23N3O4. The van der Waals surface area contributed by atoms with Gasteiger partial charge in [0.15, 0.2) is 0 Å². The van der Waals surface area contributed by atoms with E-state index < -0.39 is 17.7 Å². The topological polar surface area (TPSA) is 92.5 Å². The molecule has 0 bridgehead atoms. The van der Waals surface area contributed by atoms with Gasteiger partial charge in [-0.3, -0.25) is 0 Å². The van der Waals surface area contributed by atoms with Gasteiger partial charge in [-0.15, -0.1) is 0 Å². The average Bonchev–Trinajstić information content (AvgIpc) is 2.84. The highest BCUT2D eigenvalue weighted by molar-refractivity contribution is 5.87. The fraction of sp³-hybridized carbons (Fsp3) is 0.571. The molecular weight excluding hydrogens is 274 g/mol. The quantitative estimate of drug-likeness (QED) is 0.545.